The Kier molecular flexibility index (Phi) is 8.97. The van der Waals surface area contributed by atoms with E-state index in [4.69, 9.17) is 0 Å². The molecule has 2 nitrogen and oxygen atoms in total. The van der Waals surface area contributed by atoms with Gasteiger partial charge in [0.1, 0.15) is 0 Å². The molecular formula is C5H14Cl2N2. The van der Waals surface area contributed by atoms with Crippen molar-refractivity contribution >= 4 is 24.8 Å². The zero-order chi connectivity index (χ0) is 5.11. The molecule has 1 rings (SSSR count). The van der Waals surface area contributed by atoms with Crippen molar-refractivity contribution in [3.05, 3.63) is 0 Å². The van der Waals surface area contributed by atoms with Gasteiger partial charge in [0.15, 0.2) is 0 Å². The highest BCUT2D eigenvalue weighted by atomic mass is 35.5. The third-order valence-corrected chi connectivity index (χ3v) is 1.25. The van der Waals surface area contributed by atoms with Gasteiger partial charge in [-0.25, -0.2) is 0 Å². The lowest BCUT2D eigenvalue weighted by atomic mass is 10.3. The first kappa shape index (κ1) is 12.2. The molecule has 0 spiro atoms. The monoisotopic (exact) mass is 172 g/mol. The van der Waals surface area contributed by atoms with E-state index in [1.165, 1.54) is 0 Å². The lowest BCUT2D eigenvalue weighted by Crippen LogP contribution is -2.46. The van der Waals surface area contributed by atoms with E-state index < -0.39 is 0 Å². The van der Waals surface area contributed by atoms with Crippen molar-refractivity contribution in [1.29, 1.82) is 0 Å². The molecular weight excluding hydrogens is 159 g/mol. The van der Waals surface area contributed by atoms with Crippen molar-refractivity contribution < 1.29 is 0 Å². The van der Waals surface area contributed by atoms with E-state index >= 15 is 0 Å². The largest absolute Gasteiger partial charge is 0.314 e. The van der Waals surface area contributed by atoms with E-state index in [1.807, 2.05) is 0 Å². The molecule has 1 heterocycles. The van der Waals surface area contributed by atoms with Gasteiger partial charge in [0.25, 0.3) is 0 Å². The summed E-state index contributed by atoms with van der Waals surface area (Å²) >= 11 is 0. The number of rotatable bonds is 0. The van der Waals surface area contributed by atoms with Crippen LogP contribution in [0.2, 0.25) is 0 Å². The molecule has 0 unspecified atom stereocenters. The zero-order valence-corrected chi connectivity index (χ0v) is 7.15. The van der Waals surface area contributed by atoms with Crippen LogP contribution in [0.3, 0.4) is 0 Å². The smallest absolute Gasteiger partial charge is 0.0164 e. The number of hydrogen-bond donors (Lipinski definition) is 2. The van der Waals surface area contributed by atoms with E-state index in [1.54, 1.807) is 0 Å². The molecule has 0 aromatic heterocycles. The summed E-state index contributed by atoms with van der Waals surface area (Å²) in [5, 5.41) is 6.59. The van der Waals surface area contributed by atoms with Crippen LogP contribution in [0.25, 0.3) is 0 Å². The van der Waals surface area contributed by atoms with Crippen LogP contribution >= 0.6 is 24.8 Å². The van der Waals surface area contributed by atoms with Gasteiger partial charge < -0.3 is 10.6 Å². The van der Waals surface area contributed by atoms with Crippen LogP contribution in [0.1, 0.15) is 6.92 Å². The molecule has 58 valence electrons. The van der Waals surface area contributed by atoms with Crippen LogP contribution < -0.4 is 10.6 Å². The molecule has 1 atom stereocenters. The first-order chi connectivity index (χ1) is 3.39. The van der Waals surface area contributed by atoms with Crippen LogP contribution in [0.5, 0.6) is 0 Å². The minimum absolute atomic E-state index is 0. The average Bonchev–Trinajstić information content (AvgIpc) is 1.69. The Labute approximate surface area is 68.6 Å². The molecule has 4 heteroatoms. The Morgan fingerprint density at radius 1 is 1.22 bits per heavy atom. The third kappa shape index (κ3) is 4.97. The molecule has 1 aliphatic rings. The number of hydrogen-bond acceptors (Lipinski definition) is 2. The quantitative estimate of drug-likeness (QED) is 0.554. The van der Waals surface area contributed by atoms with Crippen molar-refractivity contribution in [2.75, 3.05) is 19.6 Å². The lowest BCUT2D eigenvalue weighted by Gasteiger charge is -2.19. The number of halogens is 2. The van der Waals surface area contributed by atoms with Crippen LogP contribution in [0.15, 0.2) is 0 Å². The van der Waals surface area contributed by atoms with Crippen LogP contribution in [-0.4, -0.2) is 25.7 Å². The van der Waals surface area contributed by atoms with Crippen LogP contribution in [0, 0.1) is 0 Å². The molecule has 0 aromatic carbocycles. The predicted octanol–water partition coefficient (Wildman–Crippen LogP) is 0.411. The van der Waals surface area contributed by atoms with E-state index in [2.05, 4.69) is 17.6 Å². The van der Waals surface area contributed by atoms with Gasteiger partial charge in [0.05, 0.1) is 0 Å². The highest BCUT2D eigenvalue weighted by Gasteiger charge is 2.03. The summed E-state index contributed by atoms with van der Waals surface area (Å²) in [5.41, 5.74) is 0. The summed E-state index contributed by atoms with van der Waals surface area (Å²) in [7, 11) is 0. The minimum Gasteiger partial charge on any atom is -0.314 e. The Bertz CT molecular complexity index is 54.9. The SMILES string of the molecule is C[C@@H]1CNCCN1.Cl.Cl. The molecule has 9 heavy (non-hydrogen) atoms. The molecule has 0 bridgehead atoms. The number of piperazine rings is 1. The van der Waals surface area contributed by atoms with Crippen molar-refractivity contribution in [2.45, 2.75) is 13.0 Å². The second-order valence-corrected chi connectivity index (χ2v) is 2.06. The van der Waals surface area contributed by atoms with Gasteiger partial charge in [-0.15, -0.1) is 24.8 Å². The summed E-state index contributed by atoms with van der Waals surface area (Å²) in [4.78, 5) is 0. The van der Waals surface area contributed by atoms with Gasteiger partial charge in [0.2, 0.25) is 0 Å². The van der Waals surface area contributed by atoms with Crippen molar-refractivity contribution in [2.24, 2.45) is 0 Å². The second kappa shape index (κ2) is 6.62. The molecule has 0 aliphatic carbocycles. The molecule has 1 saturated heterocycles. The third-order valence-electron chi connectivity index (χ3n) is 1.25. The molecule has 2 N–H and O–H groups in total. The summed E-state index contributed by atoms with van der Waals surface area (Å²) < 4.78 is 0. The molecule has 1 aliphatic heterocycles. The van der Waals surface area contributed by atoms with Gasteiger partial charge in [-0.3, -0.25) is 0 Å². The van der Waals surface area contributed by atoms with Crippen LogP contribution in [-0.2, 0) is 0 Å². The maximum atomic E-state index is 3.32. The highest BCUT2D eigenvalue weighted by molar-refractivity contribution is 5.85. The second-order valence-electron chi connectivity index (χ2n) is 2.06. The molecule has 0 radical (unpaired) electrons. The summed E-state index contributed by atoms with van der Waals surface area (Å²) in [5.74, 6) is 0. The first-order valence-corrected chi connectivity index (χ1v) is 2.83. The standard InChI is InChI=1S/C5H12N2.2ClH/c1-5-4-6-2-3-7-5;;/h5-7H,2-4H2,1H3;2*1H/t5-;;/m1../s1. The average molecular weight is 173 g/mol. The van der Waals surface area contributed by atoms with Gasteiger partial charge in [-0.2, -0.15) is 0 Å². The topological polar surface area (TPSA) is 24.1 Å². The summed E-state index contributed by atoms with van der Waals surface area (Å²) in [6.07, 6.45) is 0. The van der Waals surface area contributed by atoms with Crippen molar-refractivity contribution in [3.63, 3.8) is 0 Å². The Hall–Kier alpha value is 0.500. The maximum absolute atomic E-state index is 3.32. The van der Waals surface area contributed by atoms with Crippen molar-refractivity contribution in [1.82, 2.24) is 10.6 Å². The highest BCUT2D eigenvalue weighted by Crippen LogP contribution is 1.80. The lowest BCUT2D eigenvalue weighted by molar-refractivity contribution is 0.442. The predicted molar refractivity (Wildman–Crippen MR) is 44.8 cm³/mol. The fourth-order valence-corrected chi connectivity index (χ4v) is 0.798. The van der Waals surface area contributed by atoms with E-state index in [0.29, 0.717) is 6.04 Å². The Balaban J connectivity index is 0. The fourth-order valence-electron chi connectivity index (χ4n) is 0.798. The van der Waals surface area contributed by atoms with E-state index in [0.717, 1.165) is 19.6 Å². The molecule has 1 fully saturated rings. The number of nitrogens with one attached hydrogen (secondary N) is 2. The molecule has 0 saturated carbocycles. The minimum atomic E-state index is 0. The van der Waals surface area contributed by atoms with Gasteiger partial charge in [-0.05, 0) is 6.92 Å². The normalized spacial score (nSPS) is 25.7. The zero-order valence-electron chi connectivity index (χ0n) is 5.52. The van der Waals surface area contributed by atoms with Crippen molar-refractivity contribution in [3.8, 4) is 0 Å². The molecule has 0 amide bonds. The maximum Gasteiger partial charge on any atom is 0.0164 e. The van der Waals surface area contributed by atoms with Gasteiger partial charge in [0, 0.05) is 25.7 Å². The van der Waals surface area contributed by atoms with Crippen LogP contribution in [0.4, 0.5) is 0 Å². The van der Waals surface area contributed by atoms with Gasteiger partial charge >= 0.3 is 0 Å². The Morgan fingerprint density at radius 3 is 2.11 bits per heavy atom. The van der Waals surface area contributed by atoms with E-state index in [9.17, 15) is 0 Å². The van der Waals surface area contributed by atoms with E-state index in [-0.39, 0.29) is 24.8 Å². The Morgan fingerprint density at radius 2 is 1.89 bits per heavy atom. The summed E-state index contributed by atoms with van der Waals surface area (Å²) in [6.45, 7) is 5.57. The molecule has 0 aromatic rings. The fraction of sp³-hybridized carbons (Fsp3) is 1.00. The van der Waals surface area contributed by atoms with Gasteiger partial charge in [-0.1, -0.05) is 0 Å². The summed E-state index contributed by atoms with van der Waals surface area (Å²) in [6, 6.07) is 0.675. The first-order valence-electron chi connectivity index (χ1n) is 2.83.